The largest absolute Gasteiger partial charge is 0.311 e. The van der Waals surface area contributed by atoms with Gasteiger partial charge in [-0.15, -0.1) is 0 Å². The maximum absolute atomic E-state index is 3.81. The van der Waals surface area contributed by atoms with E-state index >= 15 is 0 Å². The van der Waals surface area contributed by atoms with Crippen LogP contribution in [0.1, 0.15) is 56.1 Å². The minimum absolute atomic E-state index is 0.451. The topological polar surface area (TPSA) is 12.0 Å². The summed E-state index contributed by atoms with van der Waals surface area (Å²) in [5.74, 6) is 0.748. The number of aryl methyl sites for hydroxylation is 1. The fourth-order valence-corrected chi connectivity index (χ4v) is 3.32. The van der Waals surface area contributed by atoms with Crippen LogP contribution >= 0.6 is 0 Å². The van der Waals surface area contributed by atoms with Crippen LogP contribution in [0, 0.1) is 0 Å². The molecule has 0 spiro atoms. The number of hydrogen-bond acceptors (Lipinski definition) is 1. The highest BCUT2D eigenvalue weighted by molar-refractivity contribution is 5.32. The summed E-state index contributed by atoms with van der Waals surface area (Å²) in [5, 5.41) is 3.81. The Balaban J connectivity index is 1.68. The van der Waals surface area contributed by atoms with Crippen LogP contribution in [-0.4, -0.2) is 12.1 Å². The summed E-state index contributed by atoms with van der Waals surface area (Å²) in [6.45, 7) is 3.55. The van der Waals surface area contributed by atoms with Gasteiger partial charge < -0.3 is 5.32 Å². The minimum atomic E-state index is 0.451. The third-order valence-electron chi connectivity index (χ3n) is 4.73. The Hall–Kier alpha value is -0.820. The van der Waals surface area contributed by atoms with Gasteiger partial charge in [0.25, 0.3) is 0 Å². The molecule has 92 valence electrons. The van der Waals surface area contributed by atoms with Gasteiger partial charge in [-0.3, -0.25) is 0 Å². The van der Waals surface area contributed by atoms with E-state index in [1.165, 1.54) is 45.1 Å². The first kappa shape index (κ1) is 11.3. The van der Waals surface area contributed by atoms with Crippen molar-refractivity contribution in [2.75, 3.05) is 6.54 Å². The molecule has 3 rings (SSSR count). The third kappa shape index (κ3) is 2.26. The summed E-state index contributed by atoms with van der Waals surface area (Å²) in [6, 6.07) is 9.03. The van der Waals surface area contributed by atoms with Crippen molar-refractivity contribution in [3.63, 3.8) is 0 Å². The lowest BCUT2D eigenvalue weighted by molar-refractivity contribution is 0.203. The molecule has 1 heteroatoms. The van der Waals surface area contributed by atoms with E-state index in [4.69, 9.17) is 0 Å². The second-order valence-corrected chi connectivity index (χ2v) is 6.08. The normalized spacial score (nSPS) is 26.1. The van der Waals surface area contributed by atoms with E-state index in [0.29, 0.717) is 5.54 Å². The van der Waals surface area contributed by atoms with Gasteiger partial charge in [-0.1, -0.05) is 24.3 Å². The molecule has 0 amide bonds. The molecule has 1 aromatic rings. The SMILES string of the molecule is CC1(NCC2CCCc3ccccc32)CCC1. The summed E-state index contributed by atoms with van der Waals surface area (Å²) >= 11 is 0. The second-order valence-electron chi connectivity index (χ2n) is 6.08. The van der Waals surface area contributed by atoms with Gasteiger partial charge in [0.2, 0.25) is 0 Å². The van der Waals surface area contributed by atoms with E-state index in [2.05, 4.69) is 36.5 Å². The molecule has 2 aliphatic carbocycles. The molecule has 1 N–H and O–H groups in total. The molecule has 1 nitrogen and oxygen atoms in total. The minimum Gasteiger partial charge on any atom is -0.311 e. The van der Waals surface area contributed by atoms with Crippen molar-refractivity contribution in [2.45, 2.75) is 56.9 Å². The van der Waals surface area contributed by atoms with Crippen molar-refractivity contribution >= 4 is 0 Å². The van der Waals surface area contributed by atoms with Gasteiger partial charge >= 0.3 is 0 Å². The van der Waals surface area contributed by atoms with E-state index in [1.807, 2.05) is 0 Å². The molecule has 0 radical (unpaired) electrons. The number of benzene rings is 1. The second kappa shape index (κ2) is 4.45. The predicted molar refractivity (Wildman–Crippen MR) is 72.4 cm³/mol. The van der Waals surface area contributed by atoms with Crippen LogP contribution < -0.4 is 5.32 Å². The van der Waals surface area contributed by atoms with E-state index in [9.17, 15) is 0 Å². The molecule has 0 aliphatic heterocycles. The molecule has 1 atom stereocenters. The van der Waals surface area contributed by atoms with Crippen LogP contribution in [0.3, 0.4) is 0 Å². The summed E-state index contributed by atoms with van der Waals surface area (Å²) in [7, 11) is 0. The predicted octanol–water partition coefficient (Wildman–Crippen LogP) is 3.64. The average molecular weight is 229 g/mol. The standard InChI is InChI=1S/C16H23N/c1-16(10-5-11-16)17-12-14-8-4-7-13-6-2-3-9-15(13)14/h2-3,6,9,14,17H,4-5,7-8,10-12H2,1H3. The first-order chi connectivity index (χ1) is 8.27. The maximum atomic E-state index is 3.81. The number of rotatable bonds is 3. The van der Waals surface area contributed by atoms with Crippen molar-refractivity contribution < 1.29 is 0 Å². The Morgan fingerprint density at radius 3 is 2.82 bits per heavy atom. The molecule has 2 aliphatic rings. The Bertz CT molecular complexity index is 392. The lowest BCUT2D eigenvalue weighted by Crippen LogP contribution is -2.49. The smallest absolute Gasteiger partial charge is 0.0153 e. The first-order valence-corrected chi connectivity index (χ1v) is 7.10. The van der Waals surface area contributed by atoms with Crippen LogP contribution in [0.5, 0.6) is 0 Å². The van der Waals surface area contributed by atoms with E-state index in [0.717, 1.165) is 5.92 Å². The van der Waals surface area contributed by atoms with Crippen molar-refractivity contribution in [3.05, 3.63) is 35.4 Å². The zero-order valence-corrected chi connectivity index (χ0v) is 10.8. The molecule has 1 unspecified atom stereocenters. The molecule has 1 fully saturated rings. The number of fused-ring (bicyclic) bond motifs is 1. The van der Waals surface area contributed by atoms with Gasteiger partial charge in [0.15, 0.2) is 0 Å². The summed E-state index contributed by atoms with van der Waals surface area (Å²) in [6.07, 6.45) is 8.14. The van der Waals surface area contributed by atoms with Crippen LogP contribution in [0.2, 0.25) is 0 Å². The van der Waals surface area contributed by atoms with Crippen molar-refractivity contribution in [1.29, 1.82) is 0 Å². The monoisotopic (exact) mass is 229 g/mol. The highest BCUT2D eigenvalue weighted by atomic mass is 15.0. The molecule has 0 saturated heterocycles. The summed E-state index contributed by atoms with van der Waals surface area (Å²) < 4.78 is 0. The van der Waals surface area contributed by atoms with Gasteiger partial charge in [-0.2, -0.15) is 0 Å². The van der Waals surface area contributed by atoms with Gasteiger partial charge in [0.05, 0.1) is 0 Å². The van der Waals surface area contributed by atoms with Crippen LogP contribution in [0.25, 0.3) is 0 Å². The van der Waals surface area contributed by atoms with Crippen molar-refractivity contribution in [3.8, 4) is 0 Å². The number of hydrogen-bond donors (Lipinski definition) is 1. The van der Waals surface area contributed by atoms with Crippen LogP contribution in [0.15, 0.2) is 24.3 Å². The fourth-order valence-electron chi connectivity index (χ4n) is 3.32. The van der Waals surface area contributed by atoms with E-state index in [1.54, 1.807) is 11.1 Å². The van der Waals surface area contributed by atoms with E-state index < -0.39 is 0 Å². The summed E-state index contributed by atoms with van der Waals surface area (Å²) in [5.41, 5.74) is 3.64. The third-order valence-corrected chi connectivity index (χ3v) is 4.73. The highest BCUT2D eigenvalue weighted by Gasteiger charge is 2.32. The zero-order chi connectivity index (χ0) is 11.7. The maximum Gasteiger partial charge on any atom is 0.0153 e. The lowest BCUT2D eigenvalue weighted by Gasteiger charge is -2.41. The molecule has 1 saturated carbocycles. The lowest BCUT2D eigenvalue weighted by atomic mass is 9.77. The van der Waals surface area contributed by atoms with Crippen LogP contribution in [0.4, 0.5) is 0 Å². The van der Waals surface area contributed by atoms with Crippen LogP contribution in [-0.2, 0) is 6.42 Å². The quantitative estimate of drug-likeness (QED) is 0.834. The molecule has 0 heterocycles. The van der Waals surface area contributed by atoms with Crippen molar-refractivity contribution in [2.24, 2.45) is 0 Å². The molecule has 0 bridgehead atoms. The Labute approximate surface area is 105 Å². The molecule has 1 aromatic carbocycles. The van der Waals surface area contributed by atoms with Gasteiger partial charge in [-0.05, 0) is 62.5 Å². The average Bonchev–Trinajstić information content (AvgIpc) is 2.34. The van der Waals surface area contributed by atoms with Crippen molar-refractivity contribution in [1.82, 2.24) is 5.32 Å². The Morgan fingerprint density at radius 1 is 1.24 bits per heavy atom. The molecular weight excluding hydrogens is 206 g/mol. The van der Waals surface area contributed by atoms with Gasteiger partial charge in [0.1, 0.15) is 0 Å². The summed E-state index contributed by atoms with van der Waals surface area (Å²) in [4.78, 5) is 0. The number of nitrogens with one attached hydrogen (secondary N) is 1. The molecule has 0 aromatic heterocycles. The fraction of sp³-hybridized carbons (Fsp3) is 0.625. The highest BCUT2D eigenvalue weighted by Crippen LogP contribution is 2.34. The Kier molecular flexibility index (Phi) is 2.96. The molecule has 17 heavy (non-hydrogen) atoms. The molecular formula is C16H23N. The zero-order valence-electron chi connectivity index (χ0n) is 10.8. The Morgan fingerprint density at radius 2 is 2.06 bits per heavy atom. The van der Waals surface area contributed by atoms with E-state index in [-0.39, 0.29) is 0 Å². The van der Waals surface area contributed by atoms with Gasteiger partial charge in [-0.25, -0.2) is 0 Å². The van der Waals surface area contributed by atoms with Gasteiger partial charge in [0, 0.05) is 12.1 Å². The first-order valence-electron chi connectivity index (χ1n) is 7.10.